The second-order valence-corrected chi connectivity index (χ2v) is 7.84. The van der Waals surface area contributed by atoms with Gasteiger partial charge in [0.2, 0.25) is 5.91 Å². The third-order valence-corrected chi connectivity index (χ3v) is 5.58. The third-order valence-electron chi connectivity index (χ3n) is 5.58. The van der Waals surface area contributed by atoms with Crippen LogP contribution in [0, 0.1) is 12.3 Å². The lowest BCUT2D eigenvalue weighted by Crippen LogP contribution is -2.45. The minimum Gasteiger partial charge on any atom is -0.391 e. The van der Waals surface area contributed by atoms with Crippen molar-refractivity contribution in [1.29, 1.82) is 0 Å². The summed E-state index contributed by atoms with van der Waals surface area (Å²) in [5, 5.41) is 15.6. The number of β-amino-alcohol motifs (C(OH)–C–C–N with tert-alkyl or cyclic N) is 1. The molecule has 9 heteroatoms. The molecule has 0 aliphatic carbocycles. The van der Waals surface area contributed by atoms with Crippen LogP contribution in [0.25, 0.3) is 0 Å². The SMILES string of the molecule is C#Cc1ccc(NC(=O)N2C[C@H](O)C[C@@H]2C(=O)Nc2ccc(N3CCOCC3=O)cc2)cc1. The fourth-order valence-corrected chi connectivity index (χ4v) is 3.87. The highest BCUT2D eigenvalue weighted by atomic mass is 16.5. The molecule has 2 atom stereocenters. The highest BCUT2D eigenvalue weighted by molar-refractivity contribution is 6.00. The molecule has 0 bridgehead atoms. The maximum atomic E-state index is 12.9. The van der Waals surface area contributed by atoms with E-state index in [2.05, 4.69) is 16.6 Å². The van der Waals surface area contributed by atoms with E-state index in [1.165, 1.54) is 4.90 Å². The lowest BCUT2D eigenvalue weighted by molar-refractivity contribution is -0.125. The zero-order valence-corrected chi connectivity index (χ0v) is 17.9. The van der Waals surface area contributed by atoms with Gasteiger partial charge in [-0.25, -0.2) is 4.79 Å². The van der Waals surface area contributed by atoms with Crippen LogP contribution < -0.4 is 15.5 Å². The van der Waals surface area contributed by atoms with Crippen LogP contribution in [0.3, 0.4) is 0 Å². The Morgan fingerprint density at radius 2 is 1.73 bits per heavy atom. The molecule has 33 heavy (non-hydrogen) atoms. The average Bonchev–Trinajstić information content (AvgIpc) is 3.22. The zero-order chi connectivity index (χ0) is 23.4. The molecule has 2 aromatic rings. The summed E-state index contributed by atoms with van der Waals surface area (Å²) in [6.07, 6.45) is 4.68. The van der Waals surface area contributed by atoms with Gasteiger partial charge < -0.3 is 30.3 Å². The predicted molar refractivity (Wildman–Crippen MR) is 123 cm³/mol. The first kappa shape index (κ1) is 22.3. The summed E-state index contributed by atoms with van der Waals surface area (Å²) in [6, 6.07) is 12.3. The number of urea groups is 1. The van der Waals surface area contributed by atoms with E-state index in [-0.39, 0.29) is 25.5 Å². The number of ether oxygens (including phenoxy) is 1. The van der Waals surface area contributed by atoms with Gasteiger partial charge in [-0.1, -0.05) is 5.92 Å². The van der Waals surface area contributed by atoms with Gasteiger partial charge in [0.1, 0.15) is 12.6 Å². The Bertz CT molecular complexity index is 1080. The first-order chi connectivity index (χ1) is 15.9. The quantitative estimate of drug-likeness (QED) is 0.616. The van der Waals surface area contributed by atoms with Crippen molar-refractivity contribution in [2.45, 2.75) is 18.6 Å². The fourth-order valence-electron chi connectivity index (χ4n) is 3.87. The van der Waals surface area contributed by atoms with E-state index in [0.717, 1.165) is 5.69 Å². The molecular formula is C24H24N4O5. The van der Waals surface area contributed by atoms with Crippen LogP contribution in [0.1, 0.15) is 12.0 Å². The van der Waals surface area contributed by atoms with Gasteiger partial charge in [-0.05, 0) is 48.5 Å². The van der Waals surface area contributed by atoms with Gasteiger partial charge in [0.05, 0.1) is 12.7 Å². The number of amides is 4. The molecule has 4 rings (SSSR count). The summed E-state index contributed by atoms with van der Waals surface area (Å²) in [4.78, 5) is 40.6. The Morgan fingerprint density at radius 1 is 1.06 bits per heavy atom. The van der Waals surface area contributed by atoms with E-state index in [9.17, 15) is 19.5 Å². The largest absolute Gasteiger partial charge is 0.391 e. The van der Waals surface area contributed by atoms with E-state index in [1.807, 2.05) is 0 Å². The molecule has 0 radical (unpaired) electrons. The van der Waals surface area contributed by atoms with Crippen molar-refractivity contribution in [3.63, 3.8) is 0 Å². The number of likely N-dealkylation sites (tertiary alicyclic amines) is 1. The number of aliphatic hydroxyl groups is 1. The number of hydrogen-bond acceptors (Lipinski definition) is 5. The molecule has 0 unspecified atom stereocenters. The fraction of sp³-hybridized carbons (Fsp3) is 0.292. The first-order valence-corrected chi connectivity index (χ1v) is 10.6. The highest BCUT2D eigenvalue weighted by Gasteiger charge is 2.39. The predicted octanol–water partition coefficient (Wildman–Crippen LogP) is 1.64. The molecule has 0 spiro atoms. The van der Waals surface area contributed by atoms with Gasteiger partial charge in [0.15, 0.2) is 0 Å². The topological polar surface area (TPSA) is 111 Å². The second-order valence-electron chi connectivity index (χ2n) is 7.84. The van der Waals surface area contributed by atoms with Crippen LogP contribution in [0.15, 0.2) is 48.5 Å². The molecular weight excluding hydrogens is 424 g/mol. The van der Waals surface area contributed by atoms with Crippen LogP contribution in [0.5, 0.6) is 0 Å². The summed E-state index contributed by atoms with van der Waals surface area (Å²) in [5.74, 6) is 1.98. The molecule has 2 aliphatic heterocycles. The first-order valence-electron chi connectivity index (χ1n) is 10.6. The number of terminal acetylenes is 1. The Morgan fingerprint density at radius 3 is 2.39 bits per heavy atom. The van der Waals surface area contributed by atoms with E-state index in [1.54, 1.807) is 53.4 Å². The molecule has 2 heterocycles. The van der Waals surface area contributed by atoms with Gasteiger partial charge in [-0.15, -0.1) is 6.42 Å². The minimum atomic E-state index is -0.828. The van der Waals surface area contributed by atoms with E-state index in [4.69, 9.17) is 11.2 Å². The van der Waals surface area contributed by atoms with Crippen molar-refractivity contribution in [2.75, 3.05) is 41.8 Å². The smallest absolute Gasteiger partial charge is 0.322 e. The normalized spacial score (nSPS) is 20.3. The van der Waals surface area contributed by atoms with Crippen LogP contribution in [0.4, 0.5) is 21.9 Å². The number of rotatable bonds is 4. The monoisotopic (exact) mass is 448 g/mol. The molecule has 2 aromatic carbocycles. The Kier molecular flexibility index (Phi) is 6.58. The standard InChI is InChI=1S/C24H24N4O5/c1-2-16-3-5-18(6-4-16)26-24(32)28-14-20(29)13-21(28)23(31)25-17-7-9-19(10-8-17)27-11-12-33-15-22(27)30/h1,3-10,20-21,29H,11-15H2,(H,25,31)(H,26,32)/t20-,21-/m1/s1. The number of carbonyl (C=O) groups is 3. The molecule has 4 amide bonds. The maximum absolute atomic E-state index is 12.9. The maximum Gasteiger partial charge on any atom is 0.322 e. The average molecular weight is 448 g/mol. The molecule has 2 aliphatic rings. The van der Waals surface area contributed by atoms with Crippen molar-refractivity contribution < 1.29 is 24.2 Å². The molecule has 170 valence electrons. The van der Waals surface area contributed by atoms with E-state index < -0.39 is 24.1 Å². The van der Waals surface area contributed by atoms with Gasteiger partial charge >= 0.3 is 6.03 Å². The zero-order valence-electron chi connectivity index (χ0n) is 17.9. The molecule has 9 nitrogen and oxygen atoms in total. The van der Waals surface area contributed by atoms with Crippen molar-refractivity contribution in [3.8, 4) is 12.3 Å². The minimum absolute atomic E-state index is 0.0461. The summed E-state index contributed by atoms with van der Waals surface area (Å²) in [6.45, 7) is 1.04. The number of carbonyl (C=O) groups excluding carboxylic acids is 3. The van der Waals surface area contributed by atoms with Gasteiger partial charge in [0.25, 0.3) is 5.91 Å². The van der Waals surface area contributed by atoms with Gasteiger partial charge in [-0.2, -0.15) is 0 Å². The second kappa shape index (κ2) is 9.73. The van der Waals surface area contributed by atoms with Crippen LogP contribution in [-0.2, 0) is 14.3 Å². The Labute approximate surface area is 191 Å². The number of aliphatic hydroxyl groups excluding tert-OH is 1. The molecule has 0 aromatic heterocycles. The van der Waals surface area contributed by atoms with E-state index >= 15 is 0 Å². The van der Waals surface area contributed by atoms with Crippen LogP contribution in [-0.4, -0.2) is 66.3 Å². The lowest BCUT2D eigenvalue weighted by Gasteiger charge is -2.27. The van der Waals surface area contributed by atoms with Crippen molar-refractivity contribution in [3.05, 3.63) is 54.1 Å². The molecule has 2 fully saturated rings. The summed E-state index contributed by atoms with van der Waals surface area (Å²) in [5.41, 5.74) is 2.46. The van der Waals surface area contributed by atoms with Crippen molar-refractivity contribution >= 4 is 34.9 Å². The Balaban J connectivity index is 1.40. The van der Waals surface area contributed by atoms with Crippen LogP contribution >= 0.6 is 0 Å². The number of morpholine rings is 1. The van der Waals surface area contributed by atoms with Crippen molar-refractivity contribution in [2.24, 2.45) is 0 Å². The highest BCUT2D eigenvalue weighted by Crippen LogP contribution is 2.23. The number of anilines is 3. The number of benzene rings is 2. The summed E-state index contributed by atoms with van der Waals surface area (Å²) in [7, 11) is 0. The lowest BCUT2D eigenvalue weighted by atomic mass is 10.1. The number of nitrogens with one attached hydrogen (secondary N) is 2. The van der Waals surface area contributed by atoms with Crippen LogP contribution in [0.2, 0.25) is 0 Å². The summed E-state index contributed by atoms with van der Waals surface area (Å²) < 4.78 is 5.14. The van der Waals surface area contributed by atoms with Crippen molar-refractivity contribution in [1.82, 2.24) is 4.90 Å². The number of nitrogens with zero attached hydrogens (tertiary/aromatic N) is 2. The Hall–Kier alpha value is -3.87. The van der Waals surface area contributed by atoms with Gasteiger partial charge in [0, 0.05) is 42.1 Å². The molecule has 2 saturated heterocycles. The van der Waals surface area contributed by atoms with Gasteiger partial charge in [-0.3, -0.25) is 9.59 Å². The number of hydrogen-bond donors (Lipinski definition) is 3. The molecule has 3 N–H and O–H groups in total. The summed E-state index contributed by atoms with van der Waals surface area (Å²) >= 11 is 0. The third kappa shape index (κ3) is 5.14. The van der Waals surface area contributed by atoms with E-state index in [0.29, 0.717) is 30.1 Å². The molecule has 0 saturated carbocycles.